The van der Waals surface area contributed by atoms with Crippen molar-refractivity contribution in [1.82, 2.24) is 19.6 Å². The fourth-order valence-electron chi connectivity index (χ4n) is 6.45. The van der Waals surface area contributed by atoms with Gasteiger partial charge in [0.25, 0.3) is 0 Å². The summed E-state index contributed by atoms with van der Waals surface area (Å²) in [4.78, 5) is 8.84. The number of fused-ring (bicyclic) bond motifs is 1. The maximum absolute atomic E-state index is 15.2. The summed E-state index contributed by atoms with van der Waals surface area (Å²) in [6, 6.07) is 6.91. The van der Waals surface area contributed by atoms with Crippen molar-refractivity contribution in [2.24, 2.45) is 11.7 Å². The molecule has 3 N–H and O–H groups in total. The van der Waals surface area contributed by atoms with Gasteiger partial charge in [0.1, 0.15) is 23.1 Å². The average Bonchev–Trinajstić information content (AvgIpc) is 3.28. The van der Waals surface area contributed by atoms with E-state index in [0.29, 0.717) is 30.6 Å². The van der Waals surface area contributed by atoms with Gasteiger partial charge in [0.15, 0.2) is 9.84 Å². The normalized spacial score (nSPS) is 24.3. The average molecular weight is 584 g/mol. The molecule has 9 nitrogen and oxygen atoms in total. The smallest absolute Gasteiger partial charge is 0.152 e. The van der Waals surface area contributed by atoms with E-state index in [-0.39, 0.29) is 41.9 Å². The first-order chi connectivity index (χ1) is 19.4. The van der Waals surface area contributed by atoms with Gasteiger partial charge in [0, 0.05) is 31.1 Å². The Kier molecular flexibility index (Phi) is 6.92. The van der Waals surface area contributed by atoms with Crippen LogP contribution in [0.4, 0.5) is 8.78 Å². The Labute approximate surface area is 236 Å². The first kappa shape index (κ1) is 27.8. The van der Waals surface area contributed by atoms with E-state index in [1.54, 1.807) is 29.2 Å². The molecule has 0 radical (unpaired) electrons. The number of hydrogen-bond acceptors (Lipinski definition) is 8. The van der Waals surface area contributed by atoms with Gasteiger partial charge >= 0.3 is 0 Å². The fourth-order valence-corrected chi connectivity index (χ4v) is 8.15. The zero-order valence-electron chi connectivity index (χ0n) is 22.7. The number of aliphatic hydroxyl groups is 1. The molecule has 2 aliphatic rings. The van der Waals surface area contributed by atoms with Gasteiger partial charge in [0.05, 0.1) is 41.4 Å². The van der Waals surface area contributed by atoms with Crippen LogP contribution in [-0.2, 0) is 26.6 Å². The number of halogens is 2. The topological polar surface area (TPSA) is 133 Å². The lowest BCUT2D eigenvalue weighted by Crippen LogP contribution is -2.48. The van der Waals surface area contributed by atoms with E-state index in [4.69, 9.17) is 10.5 Å². The zero-order valence-corrected chi connectivity index (χ0v) is 23.5. The van der Waals surface area contributed by atoms with Crippen LogP contribution in [0.25, 0.3) is 16.8 Å². The molecule has 0 unspecified atom stereocenters. The Balaban J connectivity index is 1.32. The third-order valence-corrected chi connectivity index (χ3v) is 10.2. The summed E-state index contributed by atoms with van der Waals surface area (Å²) in [7, 11) is -3.28. The molecule has 1 aliphatic heterocycles. The summed E-state index contributed by atoms with van der Waals surface area (Å²) >= 11 is 0. The predicted molar refractivity (Wildman–Crippen MR) is 148 cm³/mol. The Morgan fingerprint density at radius 2 is 1.88 bits per heavy atom. The van der Waals surface area contributed by atoms with Gasteiger partial charge in [-0.25, -0.2) is 26.7 Å². The third kappa shape index (κ3) is 5.03. The number of nitrogens with two attached hydrogens (primary N) is 1. The standard InChI is InChI=1S/C29H31F2N5O4S/c1-16-7-17(8-24(32)28(16)41(2,38)39)21-5-6-33-12-18(21)9-26-34-13-20-3-4-25(35-36(20)26)27-22(30)10-19(11-23(27)31)29(37)14-40-15-29/h3-6,10-13,16-17,24,28,37H,7-9,14-15,32H2,1-2H3/t16-,17+,24+,28-/m0/s1. The van der Waals surface area contributed by atoms with E-state index >= 15 is 8.78 Å². The second kappa shape index (κ2) is 10.2. The summed E-state index contributed by atoms with van der Waals surface area (Å²) in [6.45, 7) is 1.89. The first-order valence-electron chi connectivity index (χ1n) is 13.5. The van der Waals surface area contributed by atoms with E-state index in [9.17, 15) is 13.5 Å². The molecule has 1 aliphatic carbocycles. The van der Waals surface area contributed by atoms with Gasteiger partial charge in [-0.05, 0) is 71.7 Å². The Hall–Kier alpha value is -3.32. The lowest BCUT2D eigenvalue weighted by atomic mass is 9.75. The lowest BCUT2D eigenvalue weighted by molar-refractivity contribution is -0.184. The number of benzene rings is 1. The van der Waals surface area contributed by atoms with E-state index in [1.807, 2.05) is 13.0 Å². The summed E-state index contributed by atoms with van der Waals surface area (Å²) in [5.41, 5.74) is 7.45. The second-order valence-electron chi connectivity index (χ2n) is 11.4. The SMILES string of the molecule is C[C@H]1C[C@@H](c2ccncc2Cc2ncc3ccc(-c4c(F)cc(C5(O)COC5)cc4F)nn23)C[C@@H](N)[C@H]1S(C)(=O)=O. The molecule has 2 fully saturated rings. The lowest BCUT2D eigenvalue weighted by Gasteiger charge is -2.38. The molecule has 0 amide bonds. The van der Waals surface area contributed by atoms with Gasteiger partial charge in [0.2, 0.25) is 0 Å². The maximum Gasteiger partial charge on any atom is 0.152 e. The van der Waals surface area contributed by atoms with Gasteiger partial charge in [-0.1, -0.05) is 6.92 Å². The van der Waals surface area contributed by atoms with Gasteiger partial charge in [-0.15, -0.1) is 0 Å². The molecule has 3 aromatic heterocycles. The number of imidazole rings is 1. The van der Waals surface area contributed by atoms with Gasteiger partial charge in [-0.2, -0.15) is 5.10 Å². The van der Waals surface area contributed by atoms with Crippen LogP contribution in [0.2, 0.25) is 0 Å². The highest BCUT2D eigenvalue weighted by Gasteiger charge is 2.41. The second-order valence-corrected chi connectivity index (χ2v) is 13.6. The quantitative estimate of drug-likeness (QED) is 0.354. The Bertz CT molecular complexity index is 1710. The number of ether oxygens (including phenoxy) is 1. The fraction of sp³-hybridized carbons (Fsp3) is 0.414. The molecule has 4 heterocycles. The zero-order chi connectivity index (χ0) is 29.1. The molecular formula is C29H31F2N5O4S. The van der Waals surface area contributed by atoms with Crippen LogP contribution < -0.4 is 5.73 Å². The molecule has 4 aromatic rings. The monoisotopic (exact) mass is 583 g/mol. The van der Waals surface area contributed by atoms with Crippen LogP contribution >= 0.6 is 0 Å². The minimum atomic E-state index is -3.28. The minimum absolute atomic E-state index is 0.0197. The van der Waals surface area contributed by atoms with Crippen molar-refractivity contribution in [1.29, 1.82) is 0 Å². The molecular weight excluding hydrogens is 552 g/mol. The maximum atomic E-state index is 15.2. The number of pyridine rings is 1. The van der Waals surface area contributed by atoms with Crippen molar-refractivity contribution in [2.45, 2.75) is 49.0 Å². The first-order valence-corrected chi connectivity index (χ1v) is 15.4. The Morgan fingerprint density at radius 1 is 1.15 bits per heavy atom. The molecule has 4 atom stereocenters. The summed E-state index contributed by atoms with van der Waals surface area (Å²) in [5.74, 6) is -1.18. The van der Waals surface area contributed by atoms with Gasteiger partial charge < -0.3 is 15.6 Å². The molecule has 12 heteroatoms. The molecule has 0 spiro atoms. The van der Waals surface area contributed by atoms with Crippen molar-refractivity contribution in [3.63, 3.8) is 0 Å². The van der Waals surface area contributed by atoms with Crippen molar-refractivity contribution >= 4 is 15.4 Å². The molecule has 41 heavy (non-hydrogen) atoms. The largest absolute Gasteiger partial charge is 0.380 e. The highest BCUT2D eigenvalue weighted by Crippen LogP contribution is 2.40. The van der Waals surface area contributed by atoms with Crippen molar-refractivity contribution < 1.29 is 27.0 Å². The van der Waals surface area contributed by atoms with E-state index in [2.05, 4.69) is 15.1 Å². The van der Waals surface area contributed by atoms with Crippen LogP contribution in [0, 0.1) is 17.6 Å². The molecule has 1 saturated carbocycles. The van der Waals surface area contributed by atoms with Crippen molar-refractivity contribution in [3.05, 3.63) is 83.1 Å². The highest BCUT2D eigenvalue weighted by atomic mass is 32.2. The summed E-state index contributed by atoms with van der Waals surface area (Å²) in [5, 5.41) is 14.4. The van der Waals surface area contributed by atoms with E-state index in [0.717, 1.165) is 23.3 Å². The molecule has 6 rings (SSSR count). The third-order valence-electron chi connectivity index (χ3n) is 8.39. The molecule has 1 saturated heterocycles. The van der Waals surface area contributed by atoms with Crippen LogP contribution in [0.1, 0.15) is 48.2 Å². The molecule has 216 valence electrons. The Morgan fingerprint density at radius 3 is 2.51 bits per heavy atom. The molecule has 1 aromatic carbocycles. The van der Waals surface area contributed by atoms with Crippen molar-refractivity contribution in [3.8, 4) is 11.3 Å². The number of rotatable bonds is 6. The summed E-state index contributed by atoms with van der Waals surface area (Å²) < 4.78 is 61.6. The van der Waals surface area contributed by atoms with Crippen LogP contribution in [0.15, 0.2) is 48.9 Å². The number of nitrogens with zero attached hydrogens (tertiary/aromatic N) is 4. The van der Waals surface area contributed by atoms with Crippen LogP contribution in [0.3, 0.4) is 0 Å². The van der Waals surface area contributed by atoms with Gasteiger partial charge in [-0.3, -0.25) is 4.98 Å². The number of aromatic nitrogens is 4. The van der Waals surface area contributed by atoms with Crippen LogP contribution in [-0.4, -0.2) is 63.9 Å². The van der Waals surface area contributed by atoms with Crippen molar-refractivity contribution in [2.75, 3.05) is 19.5 Å². The summed E-state index contributed by atoms with van der Waals surface area (Å²) in [6.07, 6.45) is 7.89. The van der Waals surface area contributed by atoms with E-state index < -0.39 is 38.4 Å². The molecule has 0 bridgehead atoms. The number of sulfone groups is 1. The number of hydrogen-bond donors (Lipinski definition) is 2. The van der Waals surface area contributed by atoms with Crippen LogP contribution in [0.5, 0.6) is 0 Å². The minimum Gasteiger partial charge on any atom is -0.380 e. The highest BCUT2D eigenvalue weighted by molar-refractivity contribution is 7.91. The predicted octanol–water partition coefficient (Wildman–Crippen LogP) is 3.13. The van der Waals surface area contributed by atoms with E-state index in [1.165, 1.54) is 12.3 Å².